The normalized spacial score (nSPS) is 26.0. The average molecular weight is 360 g/mol. The van der Waals surface area contributed by atoms with Gasteiger partial charge in [0.1, 0.15) is 5.60 Å². The zero-order valence-electron chi connectivity index (χ0n) is 16.9. The van der Waals surface area contributed by atoms with Crippen LogP contribution in [0.5, 0.6) is 0 Å². The third kappa shape index (κ3) is 4.40. The highest BCUT2D eigenvalue weighted by molar-refractivity contribution is 5.69. The maximum atomic E-state index is 12.7. The van der Waals surface area contributed by atoms with Gasteiger partial charge in [-0.05, 0) is 77.3 Å². The summed E-state index contributed by atoms with van der Waals surface area (Å²) in [6.45, 7) is 11.7. The standard InChI is InChI=1S/C22H33NO3/c1-21(2,3)26-20(24)23-13-8-11-19(23)18-10-7-6-9-17(18)16-12-14-25-22(4,5)15-16/h6-7,9-10,16,19H,8,11-15H2,1-5H3/t16-,19+/m0/s1. The van der Waals surface area contributed by atoms with Crippen LogP contribution in [0.2, 0.25) is 0 Å². The van der Waals surface area contributed by atoms with E-state index in [1.807, 2.05) is 25.7 Å². The van der Waals surface area contributed by atoms with Gasteiger partial charge >= 0.3 is 6.09 Å². The molecule has 0 radical (unpaired) electrons. The molecule has 1 aromatic rings. The molecular weight excluding hydrogens is 326 g/mol. The molecule has 2 atom stereocenters. The topological polar surface area (TPSA) is 38.8 Å². The number of carbonyl (C=O) groups is 1. The second-order valence-corrected chi connectivity index (χ2v) is 9.26. The van der Waals surface area contributed by atoms with E-state index in [0.29, 0.717) is 5.92 Å². The number of ether oxygens (including phenoxy) is 2. The highest BCUT2D eigenvalue weighted by Crippen LogP contribution is 2.42. The van der Waals surface area contributed by atoms with Gasteiger partial charge in [0.15, 0.2) is 0 Å². The minimum atomic E-state index is -0.464. The minimum absolute atomic E-state index is 0.0867. The van der Waals surface area contributed by atoms with Gasteiger partial charge in [0.2, 0.25) is 0 Å². The molecule has 26 heavy (non-hydrogen) atoms. The van der Waals surface area contributed by atoms with Crippen LogP contribution in [-0.2, 0) is 9.47 Å². The van der Waals surface area contributed by atoms with Crippen molar-refractivity contribution in [3.05, 3.63) is 35.4 Å². The Hall–Kier alpha value is -1.55. The Balaban J connectivity index is 1.86. The molecule has 0 aromatic heterocycles. The molecule has 0 aliphatic carbocycles. The quantitative estimate of drug-likeness (QED) is 0.706. The van der Waals surface area contributed by atoms with Crippen molar-refractivity contribution in [2.75, 3.05) is 13.2 Å². The van der Waals surface area contributed by atoms with E-state index in [9.17, 15) is 4.79 Å². The minimum Gasteiger partial charge on any atom is -0.444 e. The highest BCUT2D eigenvalue weighted by Gasteiger charge is 2.37. The van der Waals surface area contributed by atoms with E-state index in [2.05, 4.69) is 38.1 Å². The molecule has 0 N–H and O–H groups in total. The van der Waals surface area contributed by atoms with E-state index in [1.165, 1.54) is 11.1 Å². The summed E-state index contributed by atoms with van der Waals surface area (Å²) >= 11 is 0. The molecule has 4 heteroatoms. The summed E-state index contributed by atoms with van der Waals surface area (Å²) in [6, 6.07) is 8.77. The SMILES string of the molecule is CC(C)(C)OC(=O)N1CCC[C@@H]1c1ccccc1[C@H]1CCOC(C)(C)C1. The molecule has 0 bridgehead atoms. The van der Waals surface area contributed by atoms with E-state index >= 15 is 0 Å². The van der Waals surface area contributed by atoms with Gasteiger partial charge in [0.05, 0.1) is 11.6 Å². The molecule has 0 saturated carbocycles. The average Bonchev–Trinajstić information content (AvgIpc) is 3.02. The second-order valence-electron chi connectivity index (χ2n) is 9.26. The van der Waals surface area contributed by atoms with Crippen molar-refractivity contribution in [1.82, 2.24) is 4.90 Å². The third-order valence-corrected chi connectivity index (χ3v) is 5.37. The van der Waals surface area contributed by atoms with Crippen LogP contribution in [0.15, 0.2) is 24.3 Å². The Morgan fingerprint density at radius 2 is 1.88 bits per heavy atom. The highest BCUT2D eigenvalue weighted by atomic mass is 16.6. The van der Waals surface area contributed by atoms with E-state index in [0.717, 1.165) is 38.8 Å². The Morgan fingerprint density at radius 3 is 2.54 bits per heavy atom. The summed E-state index contributed by atoms with van der Waals surface area (Å²) in [5.74, 6) is 0.482. The van der Waals surface area contributed by atoms with Crippen LogP contribution in [0.4, 0.5) is 4.79 Å². The van der Waals surface area contributed by atoms with Gasteiger partial charge < -0.3 is 14.4 Å². The van der Waals surface area contributed by atoms with Gasteiger partial charge in [-0.1, -0.05) is 24.3 Å². The first-order valence-electron chi connectivity index (χ1n) is 9.89. The lowest BCUT2D eigenvalue weighted by Gasteiger charge is -2.37. The van der Waals surface area contributed by atoms with Crippen LogP contribution in [0.1, 0.15) is 83.4 Å². The Labute approximate surface area is 157 Å². The molecule has 2 fully saturated rings. The molecule has 2 aliphatic heterocycles. The summed E-state index contributed by atoms with van der Waals surface area (Å²) < 4.78 is 11.6. The molecular formula is C22H33NO3. The summed E-state index contributed by atoms with van der Waals surface area (Å²) in [5, 5.41) is 0. The Kier molecular flexibility index (Phi) is 5.34. The lowest BCUT2D eigenvalue weighted by Crippen LogP contribution is -2.37. The lowest BCUT2D eigenvalue weighted by atomic mass is 9.80. The molecule has 2 saturated heterocycles. The van der Waals surface area contributed by atoms with Crippen molar-refractivity contribution in [1.29, 1.82) is 0 Å². The third-order valence-electron chi connectivity index (χ3n) is 5.37. The number of rotatable bonds is 2. The van der Waals surface area contributed by atoms with Crippen molar-refractivity contribution in [3.63, 3.8) is 0 Å². The number of likely N-dealkylation sites (tertiary alicyclic amines) is 1. The zero-order chi connectivity index (χ0) is 18.9. The molecule has 144 valence electrons. The van der Waals surface area contributed by atoms with E-state index < -0.39 is 5.60 Å². The smallest absolute Gasteiger partial charge is 0.410 e. The zero-order valence-corrected chi connectivity index (χ0v) is 16.9. The molecule has 0 unspecified atom stereocenters. The fraction of sp³-hybridized carbons (Fsp3) is 0.682. The van der Waals surface area contributed by atoms with Crippen molar-refractivity contribution in [2.24, 2.45) is 0 Å². The number of hydrogen-bond donors (Lipinski definition) is 0. The number of nitrogens with zero attached hydrogens (tertiary/aromatic N) is 1. The summed E-state index contributed by atoms with van der Waals surface area (Å²) in [6.07, 6.45) is 3.89. The van der Waals surface area contributed by atoms with Crippen LogP contribution in [0, 0.1) is 0 Å². The molecule has 2 aliphatic rings. The Bertz CT molecular complexity index is 647. The van der Waals surface area contributed by atoms with Crippen molar-refractivity contribution in [2.45, 2.75) is 83.5 Å². The van der Waals surface area contributed by atoms with Crippen LogP contribution in [0.3, 0.4) is 0 Å². The number of benzene rings is 1. The van der Waals surface area contributed by atoms with Gasteiger partial charge in [0, 0.05) is 13.2 Å². The molecule has 1 amide bonds. The maximum Gasteiger partial charge on any atom is 0.410 e. The Morgan fingerprint density at radius 1 is 1.19 bits per heavy atom. The first-order chi connectivity index (χ1) is 12.2. The van der Waals surface area contributed by atoms with Gasteiger partial charge in [-0.25, -0.2) is 4.79 Å². The van der Waals surface area contributed by atoms with Crippen molar-refractivity contribution >= 4 is 6.09 Å². The monoisotopic (exact) mass is 359 g/mol. The van der Waals surface area contributed by atoms with E-state index in [4.69, 9.17) is 9.47 Å². The van der Waals surface area contributed by atoms with Crippen LogP contribution in [-0.4, -0.2) is 35.3 Å². The van der Waals surface area contributed by atoms with Gasteiger partial charge in [-0.3, -0.25) is 0 Å². The predicted molar refractivity (Wildman–Crippen MR) is 103 cm³/mol. The largest absolute Gasteiger partial charge is 0.444 e. The van der Waals surface area contributed by atoms with Crippen LogP contribution < -0.4 is 0 Å². The molecule has 1 aromatic carbocycles. The van der Waals surface area contributed by atoms with Gasteiger partial charge in [-0.2, -0.15) is 0 Å². The molecule has 0 spiro atoms. The fourth-order valence-electron chi connectivity index (χ4n) is 4.31. The lowest BCUT2D eigenvalue weighted by molar-refractivity contribution is -0.0595. The van der Waals surface area contributed by atoms with E-state index in [1.54, 1.807) is 0 Å². The maximum absolute atomic E-state index is 12.7. The first-order valence-corrected chi connectivity index (χ1v) is 9.89. The number of carbonyl (C=O) groups excluding carboxylic acids is 1. The second kappa shape index (κ2) is 7.22. The van der Waals surface area contributed by atoms with Crippen LogP contribution in [0.25, 0.3) is 0 Å². The summed E-state index contributed by atoms with van der Waals surface area (Å²) in [5.41, 5.74) is 2.12. The van der Waals surface area contributed by atoms with Crippen molar-refractivity contribution in [3.8, 4) is 0 Å². The van der Waals surface area contributed by atoms with Crippen molar-refractivity contribution < 1.29 is 14.3 Å². The fourth-order valence-corrected chi connectivity index (χ4v) is 4.31. The van der Waals surface area contributed by atoms with Crippen LogP contribution >= 0.6 is 0 Å². The molecule has 4 nitrogen and oxygen atoms in total. The van der Waals surface area contributed by atoms with E-state index in [-0.39, 0.29) is 17.7 Å². The predicted octanol–water partition coefficient (Wildman–Crippen LogP) is 5.43. The number of amides is 1. The summed E-state index contributed by atoms with van der Waals surface area (Å²) in [4.78, 5) is 14.6. The van der Waals surface area contributed by atoms with Gasteiger partial charge in [-0.15, -0.1) is 0 Å². The molecule has 2 heterocycles. The molecule has 3 rings (SSSR count). The first kappa shape index (κ1) is 19.2. The summed E-state index contributed by atoms with van der Waals surface area (Å²) in [7, 11) is 0. The number of hydrogen-bond acceptors (Lipinski definition) is 3. The van der Waals surface area contributed by atoms with Gasteiger partial charge in [0.25, 0.3) is 0 Å².